The summed E-state index contributed by atoms with van der Waals surface area (Å²) in [4.78, 5) is 24.0. The second kappa shape index (κ2) is 20.3. The van der Waals surface area contributed by atoms with Crippen molar-refractivity contribution in [2.24, 2.45) is 0 Å². The van der Waals surface area contributed by atoms with Gasteiger partial charge in [-0.2, -0.15) is 0 Å². The fraction of sp³-hybridized carbons (Fsp3) is 0.611. The van der Waals surface area contributed by atoms with Crippen LogP contribution in [0, 0.1) is 0 Å². The molecule has 0 aliphatic carbocycles. The van der Waals surface area contributed by atoms with Crippen LogP contribution < -0.4 is 0 Å². The maximum atomic E-state index is 12.0. The molecule has 0 saturated carbocycles. The summed E-state index contributed by atoms with van der Waals surface area (Å²) in [5.74, 6) is 0.801. The highest BCUT2D eigenvalue weighted by Gasteiger charge is 2.24. The lowest BCUT2D eigenvalue weighted by atomic mass is 9.76. The van der Waals surface area contributed by atoms with Gasteiger partial charge in [0.25, 0.3) is 0 Å². The van der Waals surface area contributed by atoms with E-state index in [2.05, 4.69) is 60.7 Å². The predicted octanol–water partition coefficient (Wildman–Crippen LogP) is 9.92. The quantitative estimate of drug-likeness (QED) is 0.115. The zero-order valence-corrected chi connectivity index (χ0v) is 25.6. The van der Waals surface area contributed by atoms with Crippen LogP contribution >= 0.6 is 0 Å². The summed E-state index contributed by atoms with van der Waals surface area (Å²) in [6.07, 6.45) is 13.6. The fourth-order valence-corrected chi connectivity index (χ4v) is 5.31. The number of esters is 2. The Morgan fingerprint density at radius 2 is 0.900 bits per heavy atom. The smallest absolute Gasteiger partial charge is 0.306 e. The molecule has 0 amide bonds. The van der Waals surface area contributed by atoms with Crippen molar-refractivity contribution in [3.63, 3.8) is 0 Å². The van der Waals surface area contributed by atoms with Gasteiger partial charge in [-0.05, 0) is 75.3 Å². The lowest BCUT2D eigenvalue weighted by Crippen LogP contribution is -2.14. The van der Waals surface area contributed by atoms with Gasteiger partial charge in [-0.25, -0.2) is 0 Å². The summed E-state index contributed by atoms with van der Waals surface area (Å²) in [6.45, 7) is 7.99. The third-order valence-electron chi connectivity index (χ3n) is 8.05. The summed E-state index contributed by atoms with van der Waals surface area (Å²) in [5.41, 5.74) is 2.84. The average molecular weight is 551 g/mol. The van der Waals surface area contributed by atoms with Crippen LogP contribution in [0.4, 0.5) is 0 Å². The van der Waals surface area contributed by atoms with E-state index >= 15 is 0 Å². The van der Waals surface area contributed by atoms with Crippen molar-refractivity contribution < 1.29 is 19.1 Å². The van der Waals surface area contributed by atoms with Crippen molar-refractivity contribution in [2.45, 2.75) is 142 Å². The third kappa shape index (κ3) is 13.6. The Bertz CT molecular complexity index is 849. The van der Waals surface area contributed by atoms with Crippen LogP contribution in [0.15, 0.2) is 60.7 Å². The molecule has 222 valence electrons. The Labute approximate surface area is 244 Å². The van der Waals surface area contributed by atoms with Gasteiger partial charge in [0.15, 0.2) is 0 Å². The predicted molar refractivity (Wildman–Crippen MR) is 165 cm³/mol. The molecule has 2 rings (SSSR count). The second-order valence-corrected chi connectivity index (χ2v) is 11.4. The molecule has 0 heterocycles. The molecule has 2 aromatic rings. The van der Waals surface area contributed by atoms with E-state index in [9.17, 15) is 9.59 Å². The molecule has 0 N–H and O–H groups in total. The average Bonchev–Trinajstić information content (AvgIpc) is 2.97. The fourth-order valence-electron chi connectivity index (χ4n) is 5.31. The van der Waals surface area contributed by atoms with E-state index in [0.717, 1.165) is 77.0 Å². The van der Waals surface area contributed by atoms with E-state index in [4.69, 9.17) is 9.47 Å². The molecular formula is C36H54O4. The number of carbonyl (C=O) groups is 2. The van der Waals surface area contributed by atoms with Gasteiger partial charge in [-0.15, -0.1) is 0 Å². The van der Waals surface area contributed by atoms with Gasteiger partial charge in [0.2, 0.25) is 0 Å². The van der Waals surface area contributed by atoms with Crippen molar-refractivity contribution in [3.05, 3.63) is 71.8 Å². The minimum absolute atomic E-state index is 0.0140. The highest BCUT2D eigenvalue weighted by atomic mass is 16.5. The minimum atomic E-state index is -0.0620. The second-order valence-electron chi connectivity index (χ2n) is 11.4. The number of rotatable bonds is 21. The van der Waals surface area contributed by atoms with Crippen molar-refractivity contribution >= 4 is 11.9 Å². The molecule has 0 radical (unpaired) electrons. The van der Waals surface area contributed by atoms with Crippen molar-refractivity contribution in [1.29, 1.82) is 0 Å². The van der Waals surface area contributed by atoms with E-state index in [0.29, 0.717) is 24.7 Å². The first-order chi connectivity index (χ1) is 19.4. The SMILES string of the molecule is CCC(C)OC(=O)CCCCCCC(c1ccccc1)C(CCCCCCC(=O)OC(C)CC)c1ccccc1. The summed E-state index contributed by atoms with van der Waals surface area (Å²) < 4.78 is 10.8. The van der Waals surface area contributed by atoms with E-state index in [1.54, 1.807) is 0 Å². The van der Waals surface area contributed by atoms with Gasteiger partial charge in [0.05, 0.1) is 12.2 Å². The van der Waals surface area contributed by atoms with Gasteiger partial charge in [0, 0.05) is 12.8 Å². The van der Waals surface area contributed by atoms with Gasteiger partial charge in [0.1, 0.15) is 0 Å². The molecular weight excluding hydrogens is 496 g/mol. The van der Waals surface area contributed by atoms with Gasteiger partial charge >= 0.3 is 11.9 Å². The van der Waals surface area contributed by atoms with Crippen LogP contribution in [0.3, 0.4) is 0 Å². The first-order valence-corrected chi connectivity index (χ1v) is 15.9. The Kier molecular flexibility index (Phi) is 17.0. The molecule has 4 atom stereocenters. The lowest BCUT2D eigenvalue weighted by Gasteiger charge is -2.29. The van der Waals surface area contributed by atoms with Crippen molar-refractivity contribution in [3.8, 4) is 0 Å². The van der Waals surface area contributed by atoms with Crippen molar-refractivity contribution in [1.82, 2.24) is 0 Å². The summed E-state index contributed by atoms with van der Waals surface area (Å²) in [7, 11) is 0. The maximum absolute atomic E-state index is 12.0. The van der Waals surface area contributed by atoms with Crippen LogP contribution in [0.2, 0.25) is 0 Å². The summed E-state index contributed by atoms with van der Waals surface area (Å²) >= 11 is 0. The van der Waals surface area contributed by atoms with Gasteiger partial charge in [-0.3, -0.25) is 9.59 Å². The van der Waals surface area contributed by atoms with Crippen LogP contribution in [0.25, 0.3) is 0 Å². The molecule has 40 heavy (non-hydrogen) atoms. The molecule has 4 nitrogen and oxygen atoms in total. The molecule has 4 unspecified atom stereocenters. The zero-order chi connectivity index (χ0) is 29.0. The molecule has 2 aromatic carbocycles. The molecule has 0 aliphatic rings. The number of carbonyl (C=O) groups excluding carboxylic acids is 2. The molecule has 4 heteroatoms. The number of hydrogen-bond donors (Lipinski definition) is 0. The van der Waals surface area contributed by atoms with Gasteiger partial charge in [-0.1, -0.05) is 113 Å². The van der Waals surface area contributed by atoms with E-state index in [-0.39, 0.29) is 24.1 Å². The standard InChI is InChI=1S/C36H54O4/c1-5-29(3)39-35(37)27-19-9-7-17-25-33(31-21-13-11-14-22-31)34(32-23-15-12-16-24-32)26-18-8-10-20-28-36(38)40-30(4)6-2/h11-16,21-24,29-30,33-34H,5-10,17-20,25-28H2,1-4H3. The Hall–Kier alpha value is -2.62. The first-order valence-electron chi connectivity index (χ1n) is 15.9. The highest BCUT2D eigenvalue weighted by Crippen LogP contribution is 2.40. The molecule has 0 aliphatic heterocycles. The Morgan fingerprint density at radius 3 is 1.25 bits per heavy atom. The van der Waals surface area contributed by atoms with E-state index in [1.807, 2.05) is 27.7 Å². The lowest BCUT2D eigenvalue weighted by molar-refractivity contribution is -0.149. The van der Waals surface area contributed by atoms with Crippen LogP contribution in [-0.2, 0) is 19.1 Å². The number of hydrogen-bond acceptors (Lipinski definition) is 4. The van der Waals surface area contributed by atoms with Crippen LogP contribution in [-0.4, -0.2) is 24.1 Å². The number of ether oxygens (including phenoxy) is 2. The summed E-state index contributed by atoms with van der Waals surface area (Å²) in [5, 5.41) is 0. The van der Waals surface area contributed by atoms with Crippen LogP contribution in [0.5, 0.6) is 0 Å². The Morgan fingerprint density at radius 1 is 0.550 bits per heavy atom. The maximum Gasteiger partial charge on any atom is 0.306 e. The monoisotopic (exact) mass is 550 g/mol. The minimum Gasteiger partial charge on any atom is -0.463 e. The first kappa shape index (κ1) is 33.6. The number of unbranched alkanes of at least 4 members (excludes halogenated alkanes) is 6. The molecule has 0 bridgehead atoms. The van der Waals surface area contributed by atoms with Gasteiger partial charge < -0.3 is 9.47 Å². The molecule has 0 saturated heterocycles. The molecule has 0 aromatic heterocycles. The van der Waals surface area contributed by atoms with Crippen molar-refractivity contribution in [2.75, 3.05) is 0 Å². The molecule has 0 fully saturated rings. The zero-order valence-electron chi connectivity index (χ0n) is 25.6. The normalized spacial score (nSPS) is 14.2. The Balaban J connectivity index is 1.91. The highest BCUT2D eigenvalue weighted by molar-refractivity contribution is 5.69. The van der Waals surface area contributed by atoms with E-state index < -0.39 is 0 Å². The summed E-state index contributed by atoms with van der Waals surface area (Å²) in [6, 6.07) is 22.0. The third-order valence-corrected chi connectivity index (χ3v) is 8.05. The molecule has 0 spiro atoms. The van der Waals surface area contributed by atoms with Crippen LogP contribution in [0.1, 0.15) is 141 Å². The largest absolute Gasteiger partial charge is 0.463 e. The number of benzene rings is 2. The van der Waals surface area contributed by atoms with E-state index in [1.165, 1.54) is 11.1 Å². The topological polar surface area (TPSA) is 52.6 Å².